The summed E-state index contributed by atoms with van der Waals surface area (Å²) in [5, 5.41) is 2.57. The maximum Gasteiger partial charge on any atom is 0.407 e. The molecule has 1 rings (SSSR count). The number of hydrogen-bond acceptors (Lipinski definition) is 3. The van der Waals surface area contributed by atoms with E-state index in [1.165, 1.54) is 12.1 Å². The highest BCUT2D eigenvalue weighted by Crippen LogP contribution is 2.11. The Morgan fingerprint density at radius 1 is 1.37 bits per heavy atom. The molecule has 19 heavy (non-hydrogen) atoms. The van der Waals surface area contributed by atoms with Crippen molar-refractivity contribution in [3.8, 4) is 0 Å². The van der Waals surface area contributed by atoms with Gasteiger partial charge in [-0.25, -0.2) is 9.18 Å². The molecule has 1 amide bonds. The predicted octanol–water partition coefficient (Wildman–Crippen LogP) is 2.77. The molecule has 4 nitrogen and oxygen atoms in total. The van der Waals surface area contributed by atoms with Gasteiger partial charge in [0.15, 0.2) is 0 Å². The normalized spacial score (nSPS) is 12.3. The molecule has 0 spiro atoms. The zero-order valence-corrected chi connectivity index (χ0v) is 12.1. The summed E-state index contributed by atoms with van der Waals surface area (Å²) in [6.07, 6.45) is -0.514. The van der Waals surface area contributed by atoms with Gasteiger partial charge >= 0.3 is 6.09 Å². The van der Waals surface area contributed by atoms with Crippen LogP contribution in [0.3, 0.4) is 0 Å². The van der Waals surface area contributed by atoms with Crippen molar-refractivity contribution in [3.05, 3.63) is 35.6 Å². The molecule has 1 aromatic carbocycles. The minimum atomic E-state index is -0.538. The van der Waals surface area contributed by atoms with Gasteiger partial charge in [0, 0.05) is 12.6 Å². The lowest BCUT2D eigenvalue weighted by atomic mass is 10.1. The highest BCUT2D eigenvalue weighted by molar-refractivity contribution is 5.85. The second kappa shape index (κ2) is 7.31. The number of benzene rings is 1. The Morgan fingerprint density at radius 3 is 2.37 bits per heavy atom. The van der Waals surface area contributed by atoms with Gasteiger partial charge in [0.25, 0.3) is 0 Å². The Kier molecular flexibility index (Phi) is 6.79. The van der Waals surface area contributed by atoms with Crippen LogP contribution >= 0.6 is 12.4 Å². The number of hydrogen-bond donors (Lipinski definition) is 2. The fourth-order valence-electron chi connectivity index (χ4n) is 1.34. The van der Waals surface area contributed by atoms with Crippen LogP contribution in [-0.2, 0) is 4.74 Å². The molecule has 0 saturated carbocycles. The lowest BCUT2D eigenvalue weighted by Crippen LogP contribution is -2.36. The van der Waals surface area contributed by atoms with E-state index in [0.29, 0.717) is 0 Å². The molecule has 0 heterocycles. The first-order valence-electron chi connectivity index (χ1n) is 5.76. The molecule has 0 aromatic heterocycles. The molecule has 0 bridgehead atoms. The summed E-state index contributed by atoms with van der Waals surface area (Å²) in [7, 11) is 0. The van der Waals surface area contributed by atoms with Crippen molar-refractivity contribution in [1.82, 2.24) is 5.32 Å². The van der Waals surface area contributed by atoms with Crippen LogP contribution in [0.4, 0.5) is 9.18 Å². The molecular formula is C13H20ClFN2O2. The first kappa shape index (κ1) is 17.7. The third kappa shape index (κ3) is 6.98. The molecule has 0 aliphatic heterocycles. The van der Waals surface area contributed by atoms with Crippen molar-refractivity contribution in [3.63, 3.8) is 0 Å². The van der Waals surface area contributed by atoms with Gasteiger partial charge in [-0.2, -0.15) is 0 Å². The number of ether oxygens (including phenoxy) is 1. The van der Waals surface area contributed by atoms with Crippen molar-refractivity contribution >= 4 is 18.5 Å². The second-order valence-corrected chi connectivity index (χ2v) is 5.04. The zero-order chi connectivity index (χ0) is 13.8. The Bertz CT molecular complexity index is 404. The average Bonchev–Trinajstić information content (AvgIpc) is 2.24. The fraction of sp³-hybridized carbons (Fsp3) is 0.462. The fourth-order valence-corrected chi connectivity index (χ4v) is 1.34. The van der Waals surface area contributed by atoms with E-state index in [-0.39, 0.29) is 24.8 Å². The van der Waals surface area contributed by atoms with Crippen molar-refractivity contribution < 1.29 is 13.9 Å². The van der Waals surface area contributed by atoms with Crippen molar-refractivity contribution in [2.24, 2.45) is 5.73 Å². The summed E-state index contributed by atoms with van der Waals surface area (Å²) in [6, 6.07) is 5.47. The van der Waals surface area contributed by atoms with Crippen LogP contribution < -0.4 is 11.1 Å². The number of amides is 1. The van der Waals surface area contributed by atoms with Gasteiger partial charge in [-0.05, 0) is 38.5 Å². The minimum absolute atomic E-state index is 0. The number of carbonyl (C=O) groups excluding carboxylic acids is 1. The third-order valence-corrected chi connectivity index (χ3v) is 2.16. The van der Waals surface area contributed by atoms with Crippen LogP contribution in [-0.4, -0.2) is 18.2 Å². The Labute approximate surface area is 118 Å². The van der Waals surface area contributed by atoms with Gasteiger partial charge in [-0.15, -0.1) is 12.4 Å². The van der Waals surface area contributed by atoms with Gasteiger partial charge < -0.3 is 15.8 Å². The summed E-state index contributed by atoms with van der Waals surface area (Å²) in [6.45, 7) is 5.59. The molecule has 0 radical (unpaired) electrons. The number of halogens is 2. The maximum atomic E-state index is 12.7. The molecular weight excluding hydrogens is 271 g/mol. The standard InChI is InChI=1S/C13H19FN2O2.ClH/c1-13(2,3)18-12(17)16-8-11(15)9-4-6-10(14)7-5-9;/h4-7,11H,8,15H2,1-3H3,(H,16,17);1H/t11-;/m0./s1. The molecule has 1 atom stereocenters. The summed E-state index contributed by atoms with van der Waals surface area (Å²) >= 11 is 0. The van der Waals surface area contributed by atoms with Crippen LogP contribution in [0.25, 0.3) is 0 Å². The number of rotatable bonds is 3. The second-order valence-electron chi connectivity index (χ2n) is 5.04. The van der Waals surface area contributed by atoms with Gasteiger partial charge in [-0.3, -0.25) is 0 Å². The average molecular weight is 291 g/mol. The summed E-state index contributed by atoms with van der Waals surface area (Å²) in [4.78, 5) is 11.4. The van der Waals surface area contributed by atoms with Crippen LogP contribution in [0.1, 0.15) is 32.4 Å². The van der Waals surface area contributed by atoms with E-state index in [1.807, 2.05) is 0 Å². The Hall–Kier alpha value is -1.33. The maximum absolute atomic E-state index is 12.7. The molecule has 0 fully saturated rings. The predicted molar refractivity (Wildman–Crippen MR) is 74.8 cm³/mol. The molecule has 1 aromatic rings. The highest BCUT2D eigenvalue weighted by atomic mass is 35.5. The molecule has 0 aliphatic carbocycles. The number of nitrogens with two attached hydrogens (primary N) is 1. The summed E-state index contributed by atoms with van der Waals surface area (Å²) < 4.78 is 17.8. The van der Waals surface area contributed by atoms with E-state index in [9.17, 15) is 9.18 Å². The SMILES string of the molecule is CC(C)(C)OC(=O)NC[C@H](N)c1ccc(F)cc1.Cl. The van der Waals surface area contributed by atoms with E-state index in [4.69, 9.17) is 10.5 Å². The van der Waals surface area contributed by atoms with Crippen molar-refractivity contribution in [2.45, 2.75) is 32.4 Å². The topological polar surface area (TPSA) is 64.3 Å². The first-order valence-corrected chi connectivity index (χ1v) is 5.76. The smallest absolute Gasteiger partial charge is 0.407 e. The molecule has 0 aliphatic rings. The van der Waals surface area contributed by atoms with E-state index in [0.717, 1.165) is 5.56 Å². The monoisotopic (exact) mass is 290 g/mol. The van der Waals surface area contributed by atoms with Crippen LogP contribution in [0, 0.1) is 5.82 Å². The molecule has 0 unspecified atom stereocenters. The largest absolute Gasteiger partial charge is 0.444 e. The minimum Gasteiger partial charge on any atom is -0.444 e. The van der Waals surface area contributed by atoms with Crippen molar-refractivity contribution in [1.29, 1.82) is 0 Å². The molecule has 0 saturated heterocycles. The van der Waals surface area contributed by atoms with E-state index < -0.39 is 17.7 Å². The molecule has 108 valence electrons. The Morgan fingerprint density at radius 2 is 1.89 bits per heavy atom. The van der Waals surface area contributed by atoms with Gasteiger partial charge in [0.05, 0.1) is 0 Å². The first-order chi connectivity index (χ1) is 8.28. The summed E-state index contributed by atoms with van der Waals surface area (Å²) in [5.41, 5.74) is 6.08. The van der Waals surface area contributed by atoms with Crippen LogP contribution in [0.5, 0.6) is 0 Å². The quantitative estimate of drug-likeness (QED) is 0.900. The number of alkyl carbamates (subject to hydrolysis) is 1. The summed E-state index contributed by atoms with van der Waals surface area (Å²) in [5.74, 6) is -0.314. The Balaban J connectivity index is 0.00000324. The van der Waals surface area contributed by atoms with Gasteiger partial charge in [-0.1, -0.05) is 12.1 Å². The number of nitrogens with one attached hydrogen (secondary N) is 1. The van der Waals surface area contributed by atoms with Crippen LogP contribution in [0.15, 0.2) is 24.3 Å². The van der Waals surface area contributed by atoms with Crippen LogP contribution in [0.2, 0.25) is 0 Å². The lowest BCUT2D eigenvalue weighted by Gasteiger charge is -2.20. The van der Waals surface area contributed by atoms with Gasteiger partial charge in [0.1, 0.15) is 11.4 Å². The third-order valence-electron chi connectivity index (χ3n) is 2.16. The van der Waals surface area contributed by atoms with Gasteiger partial charge in [0.2, 0.25) is 0 Å². The zero-order valence-electron chi connectivity index (χ0n) is 11.3. The molecule has 6 heteroatoms. The lowest BCUT2D eigenvalue weighted by molar-refractivity contribution is 0.0524. The van der Waals surface area contributed by atoms with E-state index >= 15 is 0 Å². The number of carbonyl (C=O) groups is 1. The van der Waals surface area contributed by atoms with Crippen molar-refractivity contribution in [2.75, 3.05) is 6.54 Å². The van der Waals surface area contributed by atoms with E-state index in [2.05, 4.69) is 5.32 Å². The van der Waals surface area contributed by atoms with E-state index in [1.54, 1.807) is 32.9 Å². The highest BCUT2D eigenvalue weighted by Gasteiger charge is 2.16. The molecule has 3 N–H and O–H groups in total.